The largest absolute Gasteiger partial charge is 0.333 e. The molecule has 0 bridgehead atoms. The van der Waals surface area contributed by atoms with Crippen LogP contribution in [0.3, 0.4) is 0 Å². The zero-order valence-corrected chi connectivity index (χ0v) is 16.7. The summed E-state index contributed by atoms with van der Waals surface area (Å²) in [7, 11) is 0. The number of ketones is 1. The van der Waals surface area contributed by atoms with E-state index in [9.17, 15) is 14.4 Å². The van der Waals surface area contributed by atoms with E-state index < -0.39 is 18.0 Å². The van der Waals surface area contributed by atoms with Crippen LogP contribution in [0.15, 0.2) is 24.3 Å². The van der Waals surface area contributed by atoms with Gasteiger partial charge in [0.1, 0.15) is 6.29 Å². The molecule has 2 saturated heterocycles. The zero-order valence-electron chi connectivity index (χ0n) is 15.9. The third-order valence-corrected chi connectivity index (χ3v) is 6.88. The minimum atomic E-state index is -0.576. The van der Waals surface area contributed by atoms with E-state index in [4.69, 9.17) is 12.2 Å². The fraction of sp³-hybridized carbons (Fsp3) is 0.545. The first-order chi connectivity index (χ1) is 13.6. The lowest BCUT2D eigenvalue weighted by Gasteiger charge is -2.30. The third-order valence-electron chi connectivity index (χ3n) is 6.48. The second-order valence-electron chi connectivity index (χ2n) is 8.22. The maximum atomic E-state index is 13.1. The quantitative estimate of drug-likeness (QED) is 0.606. The van der Waals surface area contributed by atoms with Crippen LogP contribution in [0.25, 0.3) is 0 Å². The van der Waals surface area contributed by atoms with Crippen LogP contribution >= 0.6 is 12.2 Å². The summed E-state index contributed by atoms with van der Waals surface area (Å²) >= 11 is 5.32. The van der Waals surface area contributed by atoms with Crippen molar-refractivity contribution in [2.45, 2.75) is 50.6 Å². The van der Waals surface area contributed by atoms with Crippen LogP contribution in [-0.4, -0.2) is 52.9 Å². The molecule has 1 amide bonds. The average Bonchev–Trinajstić information content (AvgIpc) is 3.34. The number of carbonyl (C=O) groups excluding carboxylic acids is 3. The molecule has 2 fully saturated rings. The first kappa shape index (κ1) is 19.4. The standard InChI is InChI=1S/C22H26N2O3S/c25-13-17-21(19(28)12-23-17)22(27)18-6-3-9-24(18)20(26)11-14-7-8-15-4-1-2-5-16(15)10-14/h1-2,4-5,13-14,17-18,21,23H,3,6-12H2/t14-,17+,18-,21?/m0/s1. The second kappa shape index (κ2) is 8.21. The van der Waals surface area contributed by atoms with Crippen LogP contribution in [0, 0.1) is 11.8 Å². The summed E-state index contributed by atoms with van der Waals surface area (Å²) in [5, 5.41) is 3.00. The van der Waals surface area contributed by atoms with E-state index in [1.54, 1.807) is 4.90 Å². The van der Waals surface area contributed by atoms with Crippen molar-refractivity contribution in [3.05, 3.63) is 35.4 Å². The highest BCUT2D eigenvalue weighted by molar-refractivity contribution is 7.80. The summed E-state index contributed by atoms with van der Waals surface area (Å²) in [6.07, 6.45) is 5.71. The Morgan fingerprint density at radius 3 is 2.79 bits per heavy atom. The minimum absolute atomic E-state index is 0.0630. The van der Waals surface area contributed by atoms with Crippen molar-refractivity contribution in [2.75, 3.05) is 13.1 Å². The highest BCUT2D eigenvalue weighted by atomic mass is 32.1. The van der Waals surface area contributed by atoms with E-state index >= 15 is 0 Å². The molecular weight excluding hydrogens is 372 g/mol. The fourth-order valence-corrected chi connectivity index (χ4v) is 5.33. The van der Waals surface area contributed by atoms with Crippen molar-refractivity contribution in [3.8, 4) is 0 Å². The molecule has 1 N–H and O–H groups in total. The van der Waals surface area contributed by atoms with Gasteiger partial charge < -0.3 is 15.0 Å². The Labute approximate surface area is 170 Å². The van der Waals surface area contributed by atoms with Gasteiger partial charge >= 0.3 is 0 Å². The molecule has 28 heavy (non-hydrogen) atoms. The number of amides is 1. The smallest absolute Gasteiger partial charge is 0.223 e. The molecule has 5 nitrogen and oxygen atoms in total. The van der Waals surface area contributed by atoms with E-state index in [0.29, 0.717) is 36.7 Å². The Morgan fingerprint density at radius 2 is 2.00 bits per heavy atom. The van der Waals surface area contributed by atoms with Crippen molar-refractivity contribution in [3.63, 3.8) is 0 Å². The summed E-state index contributed by atoms with van der Waals surface area (Å²) in [6, 6.07) is 7.47. The zero-order chi connectivity index (χ0) is 19.7. The lowest BCUT2D eigenvalue weighted by Crippen LogP contribution is -2.47. The Bertz CT molecular complexity index is 809. The highest BCUT2D eigenvalue weighted by Gasteiger charge is 2.44. The molecule has 1 unspecified atom stereocenters. The van der Waals surface area contributed by atoms with Crippen LogP contribution in [0.2, 0.25) is 0 Å². The molecule has 6 heteroatoms. The van der Waals surface area contributed by atoms with Gasteiger partial charge in [-0.05, 0) is 49.1 Å². The Kier molecular flexibility index (Phi) is 5.69. The summed E-state index contributed by atoms with van der Waals surface area (Å²) in [6.45, 7) is 1.04. The Morgan fingerprint density at radius 1 is 1.21 bits per heavy atom. The van der Waals surface area contributed by atoms with E-state index in [1.807, 2.05) is 0 Å². The van der Waals surface area contributed by atoms with Gasteiger partial charge in [0.15, 0.2) is 5.78 Å². The average molecular weight is 399 g/mol. The predicted octanol–water partition coefficient (Wildman–Crippen LogP) is 1.90. The number of fused-ring (bicyclic) bond motifs is 1. The van der Waals surface area contributed by atoms with Crippen molar-refractivity contribution in [2.24, 2.45) is 11.8 Å². The van der Waals surface area contributed by atoms with Crippen molar-refractivity contribution in [1.82, 2.24) is 10.2 Å². The molecule has 148 valence electrons. The van der Waals surface area contributed by atoms with E-state index in [2.05, 4.69) is 29.6 Å². The lowest BCUT2D eigenvalue weighted by molar-refractivity contribution is -0.139. The summed E-state index contributed by atoms with van der Waals surface area (Å²) in [5.74, 6) is -0.241. The first-order valence-electron chi connectivity index (χ1n) is 10.2. The van der Waals surface area contributed by atoms with Crippen LogP contribution in [0.1, 0.15) is 36.8 Å². The van der Waals surface area contributed by atoms with Gasteiger partial charge in [-0.25, -0.2) is 0 Å². The molecule has 0 spiro atoms. The molecular formula is C22H26N2O3S. The molecule has 0 aromatic heterocycles. The molecule has 3 aliphatic rings. The number of nitrogens with zero attached hydrogens (tertiary/aromatic N) is 1. The van der Waals surface area contributed by atoms with Gasteiger partial charge in [0.2, 0.25) is 5.91 Å². The van der Waals surface area contributed by atoms with Gasteiger partial charge in [0, 0.05) is 24.4 Å². The number of aldehydes is 1. The van der Waals surface area contributed by atoms with E-state index in [0.717, 1.165) is 32.0 Å². The number of thiocarbonyl (C=S) groups is 1. The third kappa shape index (κ3) is 3.67. The predicted molar refractivity (Wildman–Crippen MR) is 110 cm³/mol. The number of benzene rings is 1. The van der Waals surface area contributed by atoms with Gasteiger partial charge in [-0.15, -0.1) is 0 Å². The summed E-state index contributed by atoms with van der Waals surface area (Å²) < 4.78 is 0. The molecule has 0 saturated carbocycles. The normalized spacial score (nSPS) is 29.6. The Balaban J connectivity index is 1.42. The topological polar surface area (TPSA) is 66.5 Å². The molecule has 2 heterocycles. The molecule has 0 radical (unpaired) electrons. The van der Waals surface area contributed by atoms with Crippen LogP contribution in [0.4, 0.5) is 0 Å². The monoisotopic (exact) mass is 398 g/mol. The van der Waals surface area contributed by atoms with Crippen LogP contribution in [-0.2, 0) is 27.2 Å². The minimum Gasteiger partial charge on any atom is -0.333 e. The number of hydrogen-bond donors (Lipinski definition) is 1. The second-order valence-corrected chi connectivity index (χ2v) is 8.74. The van der Waals surface area contributed by atoms with Crippen molar-refractivity contribution >= 4 is 35.1 Å². The molecule has 4 atom stereocenters. The van der Waals surface area contributed by atoms with E-state index in [-0.39, 0.29) is 11.7 Å². The number of carbonyl (C=O) groups is 3. The van der Waals surface area contributed by atoms with Gasteiger partial charge in [0.25, 0.3) is 0 Å². The van der Waals surface area contributed by atoms with Gasteiger partial charge in [-0.3, -0.25) is 9.59 Å². The number of rotatable bonds is 5. The maximum absolute atomic E-state index is 13.1. The van der Waals surface area contributed by atoms with Gasteiger partial charge in [0.05, 0.1) is 18.0 Å². The molecule has 1 aromatic carbocycles. The first-order valence-corrected chi connectivity index (χ1v) is 10.6. The molecule has 1 aliphatic carbocycles. The molecule has 2 aliphatic heterocycles. The van der Waals surface area contributed by atoms with Crippen molar-refractivity contribution < 1.29 is 14.4 Å². The number of likely N-dealkylation sites (tertiary alicyclic amines) is 1. The lowest BCUT2D eigenvalue weighted by atomic mass is 9.82. The number of hydrogen-bond acceptors (Lipinski definition) is 5. The fourth-order valence-electron chi connectivity index (χ4n) is 4.99. The van der Waals surface area contributed by atoms with Crippen molar-refractivity contribution in [1.29, 1.82) is 0 Å². The van der Waals surface area contributed by atoms with Gasteiger partial charge in [-0.2, -0.15) is 0 Å². The van der Waals surface area contributed by atoms with Gasteiger partial charge in [-0.1, -0.05) is 36.5 Å². The van der Waals surface area contributed by atoms with E-state index in [1.165, 1.54) is 11.1 Å². The Hall–Kier alpha value is -1.92. The number of nitrogens with one attached hydrogen (secondary N) is 1. The SMILES string of the molecule is O=C[C@H]1NCC(=S)C1C(=O)[C@@H]1CCCN1C(=O)C[C@H]1CCc2ccccc2C1. The number of aryl methyl sites for hydroxylation is 1. The maximum Gasteiger partial charge on any atom is 0.223 e. The highest BCUT2D eigenvalue weighted by Crippen LogP contribution is 2.30. The van der Waals surface area contributed by atoms with Crippen LogP contribution < -0.4 is 5.32 Å². The van der Waals surface area contributed by atoms with Crippen LogP contribution in [0.5, 0.6) is 0 Å². The molecule has 4 rings (SSSR count). The molecule has 1 aromatic rings. The number of Topliss-reactive ketones (excluding diaryl/α,β-unsaturated/α-hetero) is 1. The summed E-state index contributed by atoms with van der Waals surface area (Å²) in [5.41, 5.74) is 2.74. The summed E-state index contributed by atoms with van der Waals surface area (Å²) in [4.78, 5) is 39.8.